The Kier molecular flexibility index (Phi) is 4.91. The zero-order valence-electron chi connectivity index (χ0n) is 16.2. The molecule has 0 saturated heterocycles. The van der Waals surface area contributed by atoms with Gasteiger partial charge in [-0.25, -0.2) is 17.8 Å². The zero-order valence-corrected chi connectivity index (χ0v) is 17.8. The molecule has 2 heterocycles. The average molecular weight is 471 g/mol. The van der Waals surface area contributed by atoms with Crippen LogP contribution in [0.25, 0.3) is 10.2 Å². The van der Waals surface area contributed by atoms with Crippen LogP contribution in [-0.4, -0.2) is 26.1 Å². The van der Waals surface area contributed by atoms with E-state index < -0.39 is 21.7 Å². The molecule has 4 aromatic rings. The molecule has 0 atom stereocenters. The lowest BCUT2D eigenvalue weighted by Crippen LogP contribution is -2.18. The fourth-order valence-corrected chi connectivity index (χ4v) is 5.07. The van der Waals surface area contributed by atoms with Crippen LogP contribution in [0.1, 0.15) is 10.4 Å². The Morgan fingerprint density at radius 1 is 1.03 bits per heavy atom. The minimum atomic E-state index is -4.02. The molecule has 0 aliphatic carbocycles. The number of para-hydroxylation sites is 1. The van der Waals surface area contributed by atoms with Crippen LogP contribution in [0.4, 0.5) is 15.2 Å². The summed E-state index contributed by atoms with van der Waals surface area (Å²) < 4.78 is 52.3. The van der Waals surface area contributed by atoms with E-state index in [2.05, 4.69) is 15.0 Å². The number of fused-ring (bicyclic) bond motifs is 2. The van der Waals surface area contributed by atoms with Gasteiger partial charge >= 0.3 is 0 Å². The summed E-state index contributed by atoms with van der Waals surface area (Å²) in [6.45, 7) is 0.154. The number of aromatic nitrogens is 1. The number of sulfonamides is 1. The number of rotatable bonds is 5. The van der Waals surface area contributed by atoms with Crippen LogP contribution in [-0.2, 0) is 10.0 Å². The molecule has 3 aromatic carbocycles. The van der Waals surface area contributed by atoms with Gasteiger partial charge in [-0.2, -0.15) is 0 Å². The van der Waals surface area contributed by atoms with Crippen molar-refractivity contribution in [3.63, 3.8) is 0 Å². The van der Waals surface area contributed by atoms with E-state index in [-0.39, 0.29) is 22.9 Å². The van der Waals surface area contributed by atoms with Gasteiger partial charge in [0.05, 0.1) is 26.4 Å². The van der Waals surface area contributed by atoms with E-state index in [1.807, 2.05) is 0 Å². The molecule has 0 spiro atoms. The molecule has 1 amide bonds. The Morgan fingerprint density at radius 2 is 1.75 bits per heavy atom. The minimum Gasteiger partial charge on any atom is -0.454 e. The number of amides is 1. The summed E-state index contributed by atoms with van der Waals surface area (Å²) in [4.78, 5) is 17.2. The first-order valence-electron chi connectivity index (χ1n) is 9.28. The summed E-state index contributed by atoms with van der Waals surface area (Å²) in [5.41, 5.74) is 0.822. The van der Waals surface area contributed by atoms with Gasteiger partial charge in [0, 0.05) is 12.1 Å². The number of hydrogen-bond donors (Lipinski definition) is 2. The Bertz CT molecular complexity index is 1410. The van der Waals surface area contributed by atoms with Crippen molar-refractivity contribution in [1.82, 2.24) is 4.98 Å². The van der Waals surface area contributed by atoms with Crippen molar-refractivity contribution in [2.24, 2.45) is 0 Å². The summed E-state index contributed by atoms with van der Waals surface area (Å²) in [7, 11) is -4.02. The smallest absolute Gasteiger partial charge is 0.261 e. The van der Waals surface area contributed by atoms with Gasteiger partial charge < -0.3 is 9.47 Å². The van der Waals surface area contributed by atoms with E-state index in [1.54, 1.807) is 24.3 Å². The highest BCUT2D eigenvalue weighted by Gasteiger charge is 2.21. The van der Waals surface area contributed by atoms with Crippen LogP contribution in [0.3, 0.4) is 0 Å². The van der Waals surface area contributed by atoms with Crippen molar-refractivity contribution in [3.05, 3.63) is 72.0 Å². The third-order valence-corrected chi connectivity index (χ3v) is 6.96. The number of halogens is 1. The predicted octanol–water partition coefficient (Wildman–Crippen LogP) is 4.22. The number of ether oxygens (including phenoxy) is 2. The number of thiazole rings is 1. The first-order chi connectivity index (χ1) is 15.4. The fourth-order valence-electron chi connectivity index (χ4n) is 3.12. The molecular formula is C21H14FN3O5S2. The summed E-state index contributed by atoms with van der Waals surface area (Å²) >= 11 is 1.25. The quantitative estimate of drug-likeness (QED) is 0.452. The van der Waals surface area contributed by atoms with Gasteiger partial charge in [-0.05, 0) is 36.4 Å². The number of benzene rings is 3. The van der Waals surface area contributed by atoms with Crippen LogP contribution < -0.4 is 19.5 Å². The SMILES string of the molecule is O=C(Nc1nc2cc3c(cc2s1)OCO3)c1ccccc1NS(=O)(=O)c1ccc(F)cc1. The molecule has 0 bridgehead atoms. The van der Waals surface area contributed by atoms with Crippen molar-refractivity contribution >= 4 is 48.3 Å². The highest BCUT2D eigenvalue weighted by molar-refractivity contribution is 7.92. The topological polar surface area (TPSA) is 107 Å². The van der Waals surface area contributed by atoms with E-state index in [1.165, 1.54) is 23.5 Å². The van der Waals surface area contributed by atoms with E-state index in [0.717, 1.165) is 29.0 Å². The monoisotopic (exact) mass is 471 g/mol. The number of hydrogen-bond acceptors (Lipinski definition) is 7. The van der Waals surface area contributed by atoms with Gasteiger partial charge in [0.1, 0.15) is 5.82 Å². The fraction of sp³-hybridized carbons (Fsp3) is 0.0476. The lowest BCUT2D eigenvalue weighted by molar-refractivity contribution is 0.102. The zero-order chi connectivity index (χ0) is 22.3. The van der Waals surface area contributed by atoms with Gasteiger partial charge in [-0.15, -0.1) is 0 Å². The van der Waals surface area contributed by atoms with Crippen molar-refractivity contribution in [1.29, 1.82) is 0 Å². The Balaban J connectivity index is 1.40. The van der Waals surface area contributed by atoms with Crippen LogP contribution in [0, 0.1) is 5.82 Å². The molecule has 11 heteroatoms. The molecule has 0 saturated carbocycles. The summed E-state index contributed by atoms with van der Waals surface area (Å²) in [6.07, 6.45) is 0. The van der Waals surface area contributed by atoms with Crippen molar-refractivity contribution in [2.75, 3.05) is 16.8 Å². The number of nitrogens with one attached hydrogen (secondary N) is 2. The van der Waals surface area contributed by atoms with Gasteiger partial charge in [0.2, 0.25) is 6.79 Å². The molecule has 0 unspecified atom stereocenters. The van der Waals surface area contributed by atoms with Crippen LogP contribution >= 0.6 is 11.3 Å². The molecule has 5 rings (SSSR count). The highest BCUT2D eigenvalue weighted by Crippen LogP contribution is 2.39. The van der Waals surface area contributed by atoms with E-state index in [0.29, 0.717) is 22.1 Å². The maximum absolute atomic E-state index is 13.1. The van der Waals surface area contributed by atoms with Gasteiger partial charge in [0.25, 0.3) is 15.9 Å². The standard InChI is InChI=1S/C21H14FN3O5S2/c22-12-5-7-13(8-6-12)32(27,28)25-15-4-2-1-3-14(15)20(26)24-21-23-16-9-17-18(30-11-29-17)10-19(16)31-21/h1-10,25H,11H2,(H,23,24,26). The average Bonchev–Trinajstić information content (AvgIpc) is 3.37. The molecule has 0 radical (unpaired) electrons. The van der Waals surface area contributed by atoms with Crippen LogP contribution in [0.5, 0.6) is 11.5 Å². The highest BCUT2D eigenvalue weighted by atomic mass is 32.2. The Labute approximate surface area is 185 Å². The maximum Gasteiger partial charge on any atom is 0.261 e. The van der Waals surface area contributed by atoms with E-state index in [9.17, 15) is 17.6 Å². The van der Waals surface area contributed by atoms with Crippen molar-refractivity contribution in [3.8, 4) is 11.5 Å². The van der Waals surface area contributed by atoms with Crippen molar-refractivity contribution in [2.45, 2.75) is 4.90 Å². The van der Waals surface area contributed by atoms with E-state index in [4.69, 9.17) is 9.47 Å². The molecular weight excluding hydrogens is 457 g/mol. The summed E-state index contributed by atoms with van der Waals surface area (Å²) in [6, 6.07) is 14.1. The van der Waals surface area contributed by atoms with Gasteiger partial charge in [0.15, 0.2) is 16.6 Å². The maximum atomic E-state index is 13.1. The molecule has 2 N–H and O–H groups in total. The molecule has 32 heavy (non-hydrogen) atoms. The molecule has 8 nitrogen and oxygen atoms in total. The lowest BCUT2D eigenvalue weighted by Gasteiger charge is -2.12. The molecule has 0 fully saturated rings. The minimum absolute atomic E-state index is 0.0798. The lowest BCUT2D eigenvalue weighted by atomic mass is 10.2. The molecule has 1 aliphatic heterocycles. The third kappa shape index (κ3) is 3.83. The second-order valence-corrected chi connectivity index (χ2v) is 9.46. The number of nitrogens with zero attached hydrogens (tertiary/aromatic N) is 1. The Hall–Kier alpha value is -3.70. The Morgan fingerprint density at radius 3 is 2.53 bits per heavy atom. The second-order valence-electron chi connectivity index (χ2n) is 6.75. The first-order valence-corrected chi connectivity index (χ1v) is 11.6. The molecule has 162 valence electrons. The van der Waals surface area contributed by atoms with Crippen molar-refractivity contribution < 1.29 is 27.1 Å². The summed E-state index contributed by atoms with van der Waals surface area (Å²) in [5, 5.41) is 3.04. The number of anilines is 2. The van der Waals surface area contributed by atoms with Gasteiger partial charge in [-0.3, -0.25) is 14.8 Å². The summed E-state index contributed by atoms with van der Waals surface area (Å²) in [5.74, 6) is 0.102. The molecule has 1 aliphatic rings. The number of carbonyl (C=O) groups is 1. The van der Waals surface area contributed by atoms with Crippen LogP contribution in [0.2, 0.25) is 0 Å². The predicted molar refractivity (Wildman–Crippen MR) is 117 cm³/mol. The second kappa shape index (κ2) is 7.77. The first kappa shape index (κ1) is 20.2. The number of carbonyl (C=O) groups excluding carboxylic acids is 1. The van der Waals surface area contributed by atoms with Crippen LogP contribution in [0.15, 0.2) is 65.6 Å². The van der Waals surface area contributed by atoms with Gasteiger partial charge in [-0.1, -0.05) is 23.5 Å². The largest absolute Gasteiger partial charge is 0.454 e. The molecule has 1 aromatic heterocycles. The normalized spacial score (nSPS) is 12.7. The third-order valence-electron chi connectivity index (χ3n) is 4.64. The van der Waals surface area contributed by atoms with E-state index >= 15 is 0 Å².